The van der Waals surface area contributed by atoms with Gasteiger partial charge in [0.15, 0.2) is 5.82 Å². The van der Waals surface area contributed by atoms with E-state index in [0.29, 0.717) is 6.42 Å². The lowest BCUT2D eigenvalue weighted by molar-refractivity contribution is 0.272. The molecule has 0 bridgehead atoms. The number of halogens is 2. The molecule has 1 aromatic rings. The second-order valence-corrected chi connectivity index (χ2v) is 10.3. The summed E-state index contributed by atoms with van der Waals surface area (Å²) in [7, 11) is -7.44. The van der Waals surface area contributed by atoms with E-state index in [9.17, 15) is 21.2 Å². The van der Waals surface area contributed by atoms with Gasteiger partial charge in [0.25, 0.3) is 0 Å². The highest BCUT2D eigenvalue weighted by molar-refractivity contribution is 7.89. The normalized spacial score (nSPS) is 17.7. The molecule has 2 rings (SSSR count). The molecule has 0 unspecified atom stereocenters. The van der Waals surface area contributed by atoms with Gasteiger partial charge in [0.2, 0.25) is 20.0 Å². The van der Waals surface area contributed by atoms with Crippen molar-refractivity contribution in [3.05, 3.63) is 29.0 Å². The Bertz CT molecular complexity index is 807. The average molecular weight is 413 g/mol. The lowest BCUT2D eigenvalue weighted by atomic mass is 10.3. The van der Waals surface area contributed by atoms with Crippen LogP contribution >= 0.6 is 11.6 Å². The Labute approximate surface area is 153 Å². The molecule has 0 radical (unpaired) electrons. The number of hydrogen-bond acceptors (Lipinski definition) is 4. The smallest absolute Gasteiger partial charge is 0.212 e. The van der Waals surface area contributed by atoms with Crippen LogP contribution in [0.15, 0.2) is 23.1 Å². The molecule has 1 heterocycles. The summed E-state index contributed by atoms with van der Waals surface area (Å²) in [5.74, 6) is -0.921. The summed E-state index contributed by atoms with van der Waals surface area (Å²) in [6.45, 7) is 2.10. The van der Waals surface area contributed by atoms with Crippen molar-refractivity contribution >= 4 is 31.6 Å². The monoisotopic (exact) mass is 412 g/mol. The summed E-state index contributed by atoms with van der Waals surface area (Å²) in [4.78, 5) is -0.487. The third-order valence-electron chi connectivity index (χ3n) is 4.13. The van der Waals surface area contributed by atoms with Crippen molar-refractivity contribution in [3.8, 4) is 0 Å². The molecule has 10 heteroatoms. The van der Waals surface area contributed by atoms with Crippen molar-refractivity contribution < 1.29 is 21.2 Å². The molecule has 25 heavy (non-hydrogen) atoms. The Morgan fingerprint density at radius 1 is 1.04 bits per heavy atom. The van der Waals surface area contributed by atoms with Crippen LogP contribution in [0.2, 0.25) is 5.02 Å². The van der Waals surface area contributed by atoms with Crippen molar-refractivity contribution in [2.24, 2.45) is 0 Å². The second-order valence-electron chi connectivity index (χ2n) is 5.88. The van der Waals surface area contributed by atoms with Gasteiger partial charge in [-0.1, -0.05) is 37.4 Å². The highest BCUT2D eigenvalue weighted by Crippen LogP contribution is 2.25. The lowest BCUT2D eigenvalue weighted by Gasteiger charge is -2.33. The molecule has 0 N–H and O–H groups in total. The van der Waals surface area contributed by atoms with E-state index < -0.39 is 30.8 Å². The van der Waals surface area contributed by atoms with E-state index >= 15 is 0 Å². The first-order chi connectivity index (χ1) is 11.7. The van der Waals surface area contributed by atoms with Crippen LogP contribution in [-0.2, 0) is 20.0 Å². The first-order valence-electron chi connectivity index (χ1n) is 8.12. The molecule has 0 atom stereocenters. The number of rotatable bonds is 7. The molecule has 1 aliphatic heterocycles. The first-order valence-corrected chi connectivity index (χ1v) is 11.5. The fourth-order valence-corrected chi connectivity index (χ4v) is 5.96. The van der Waals surface area contributed by atoms with Crippen molar-refractivity contribution in [2.45, 2.75) is 31.1 Å². The number of hydrogen-bond donors (Lipinski definition) is 0. The maximum Gasteiger partial charge on any atom is 0.246 e. The van der Waals surface area contributed by atoms with Gasteiger partial charge in [-0.25, -0.2) is 21.2 Å². The summed E-state index contributed by atoms with van der Waals surface area (Å²) < 4.78 is 66.2. The number of benzene rings is 1. The van der Waals surface area contributed by atoms with Gasteiger partial charge in [-0.3, -0.25) is 0 Å². The molecular weight excluding hydrogens is 391 g/mol. The summed E-state index contributed by atoms with van der Waals surface area (Å²) in [6.07, 6.45) is 2.35. The molecule has 0 amide bonds. The first kappa shape index (κ1) is 20.6. The number of piperazine rings is 1. The second kappa shape index (κ2) is 8.30. The molecule has 1 aromatic carbocycles. The van der Waals surface area contributed by atoms with E-state index in [1.807, 2.05) is 6.92 Å². The van der Waals surface area contributed by atoms with Crippen LogP contribution in [0.25, 0.3) is 0 Å². The van der Waals surface area contributed by atoms with E-state index in [1.54, 1.807) is 0 Å². The topological polar surface area (TPSA) is 74.8 Å². The molecular formula is C15H22ClFN2O4S2. The number of unbranched alkanes of at least 4 members (excludes halogenated alkanes) is 2. The van der Waals surface area contributed by atoms with E-state index in [-0.39, 0.29) is 37.0 Å². The Morgan fingerprint density at radius 2 is 1.64 bits per heavy atom. The molecule has 0 aromatic heterocycles. The summed E-state index contributed by atoms with van der Waals surface area (Å²) in [6, 6.07) is 3.80. The Balaban J connectivity index is 2.08. The van der Waals surface area contributed by atoms with Crippen molar-refractivity contribution in [3.63, 3.8) is 0 Å². The molecule has 1 aliphatic rings. The number of sulfonamides is 2. The summed E-state index contributed by atoms with van der Waals surface area (Å²) >= 11 is 5.66. The van der Waals surface area contributed by atoms with Crippen LogP contribution in [0.3, 0.4) is 0 Å². The standard InChI is InChI=1S/C15H22ClFN2O4S2/c1-2-3-4-12-24(20,21)18-8-10-19(11-9-18)25(22,23)14-7-5-6-13(16)15(14)17/h5-7H,2-4,8-12H2,1H3. The molecule has 0 saturated carbocycles. The predicted octanol–water partition coefficient (Wildman–Crippen LogP) is 2.31. The summed E-state index contributed by atoms with van der Waals surface area (Å²) in [5, 5.41) is -0.266. The molecule has 6 nitrogen and oxygen atoms in total. The summed E-state index contributed by atoms with van der Waals surface area (Å²) in [5.41, 5.74) is 0. The van der Waals surface area contributed by atoms with Gasteiger partial charge in [-0.05, 0) is 18.6 Å². The zero-order valence-electron chi connectivity index (χ0n) is 14.0. The Morgan fingerprint density at radius 3 is 2.24 bits per heavy atom. The minimum atomic E-state index is -4.05. The Kier molecular flexibility index (Phi) is 6.83. The van der Waals surface area contributed by atoms with Gasteiger partial charge in [0.1, 0.15) is 4.90 Å². The van der Waals surface area contributed by atoms with Crippen LogP contribution in [0.1, 0.15) is 26.2 Å². The van der Waals surface area contributed by atoms with Gasteiger partial charge in [-0.2, -0.15) is 8.61 Å². The predicted molar refractivity (Wildman–Crippen MR) is 95.1 cm³/mol. The zero-order valence-corrected chi connectivity index (χ0v) is 16.4. The third-order valence-corrected chi connectivity index (χ3v) is 8.30. The van der Waals surface area contributed by atoms with E-state index in [2.05, 4.69) is 0 Å². The fraction of sp³-hybridized carbons (Fsp3) is 0.600. The van der Waals surface area contributed by atoms with Crippen LogP contribution in [0, 0.1) is 5.82 Å². The lowest BCUT2D eigenvalue weighted by Crippen LogP contribution is -2.51. The van der Waals surface area contributed by atoms with E-state index in [4.69, 9.17) is 11.6 Å². The van der Waals surface area contributed by atoms with Gasteiger partial charge in [0.05, 0.1) is 10.8 Å². The highest BCUT2D eigenvalue weighted by atomic mass is 35.5. The molecule has 0 aliphatic carbocycles. The third kappa shape index (κ3) is 4.71. The van der Waals surface area contributed by atoms with Crippen LogP contribution < -0.4 is 0 Å². The highest BCUT2D eigenvalue weighted by Gasteiger charge is 2.34. The molecule has 0 spiro atoms. The largest absolute Gasteiger partial charge is 0.246 e. The van der Waals surface area contributed by atoms with Crippen LogP contribution in [-0.4, -0.2) is 57.4 Å². The van der Waals surface area contributed by atoms with Crippen LogP contribution in [0.4, 0.5) is 4.39 Å². The minimum absolute atomic E-state index is 0.0126. The molecule has 1 saturated heterocycles. The van der Waals surface area contributed by atoms with E-state index in [1.165, 1.54) is 16.4 Å². The van der Waals surface area contributed by atoms with Gasteiger partial charge < -0.3 is 0 Å². The SMILES string of the molecule is CCCCCS(=O)(=O)N1CCN(S(=O)(=O)c2cccc(Cl)c2F)CC1. The van der Waals surface area contributed by atoms with Crippen molar-refractivity contribution in [1.82, 2.24) is 8.61 Å². The van der Waals surface area contributed by atoms with Gasteiger partial charge in [0, 0.05) is 26.2 Å². The Hall–Kier alpha value is -0.740. The quantitative estimate of drug-likeness (QED) is 0.644. The zero-order chi connectivity index (χ0) is 18.7. The molecule has 1 fully saturated rings. The van der Waals surface area contributed by atoms with Crippen molar-refractivity contribution in [2.75, 3.05) is 31.9 Å². The number of nitrogens with zero attached hydrogens (tertiary/aromatic N) is 2. The maximum atomic E-state index is 14.0. The van der Waals surface area contributed by atoms with Crippen LogP contribution in [0.5, 0.6) is 0 Å². The van der Waals surface area contributed by atoms with Crippen molar-refractivity contribution in [1.29, 1.82) is 0 Å². The minimum Gasteiger partial charge on any atom is -0.212 e. The average Bonchev–Trinajstić information content (AvgIpc) is 2.57. The van der Waals surface area contributed by atoms with Gasteiger partial charge in [-0.15, -0.1) is 0 Å². The maximum absolute atomic E-state index is 14.0. The fourth-order valence-electron chi connectivity index (χ4n) is 2.67. The van der Waals surface area contributed by atoms with Gasteiger partial charge >= 0.3 is 0 Å². The van der Waals surface area contributed by atoms with E-state index in [0.717, 1.165) is 23.2 Å². The molecule has 142 valence electrons.